The lowest BCUT2D eigenvalue weighted by Gasteiger charge is -2.33. The third-order valence-corrected chi connectivity index (χ3v) is 2.78. The van der Waals surface area contributed by atoms with E-state index in [4.69, 9.17) is 21.1 Å². The first-order valence-corrected chi connectivity index (χ1v) is 5.17. The Balaban J connectivity index is 2.05. The van der Waals surface area contributed by atoms with Gasteiger partial charge in [-0.15, -0.1) is 0 Å². The Kier molecular flexibility index (Phi) is 3.12. The van der Waals surface area contributed by atoms with E-state index in [1.54, 1.807) is 0 Å². The molecule has 0 bridgehead atoms. The lowest BCUT2D eigenvalue weighted by Crippen LogP contribution is -2.51. The first-order chi connectivity index (χ1) is 7.61. The minimum atomic E-state index is -0.524. The molecule has 2 rings (SSSR count). The van der Waals surface area contributed by atoms with Gasteiger partial charge in [0.1, 0.15) is 17.7 Å². The van der Waals surface area contributed by atoms with Gasteiger partial charge in [-0.25, -0.2) is 4.39 Å². The number of hydrogen-bond acceptors (Lipinski definition) is 3. The zero-order valence-electron chi connectivity index (χ0n) is 8.57. The fourth-order valence-electron chi connectivity index (χ4n) is 1.58. The number of rotatable bonds is 3. The van der Waals surface area contributed by atoms with E-state index in [9.17, 15) is 9.18 Å². The fourth-order valence-corrected chi connectivity index (χ4v) is 1.75. The molecule has 1 aliphatic carbocycles. The van der Waals surface area contributed by atoms with E-state index in [0.29, 0.717) is 12.2 Å². The van der Waals surface area contributed by atoms with E-state index in [1.807, 2.05) is 0 Å². The van der Waals surface area contributed by atoms with Crippen LogP contribution in [0, 0.1) is 5.82 Å². The van der Waals surface area contributed by atoms with Gasteiger partial charge in [-0.1, -0.05) is 11.6 Å². The smallest absolute Gasteiger partial charge is 0.169 e. The minimum Gasteiger partial charge on any atom is -0.487 e. The van der Waals surface area contributed by atoms with E-state index in [1.165, 1.54) is 25.3 Å². The van der Waals surface area contributed by atoms with Crippen LogP contribution in [-0.4, -0.2) is 25.1 Å². The molecule has 1 fully saturated rings. The van der Waals surface area contributed by atoms with Gasteiger partial charge in [0.25, 0.3) is 0 Å². The molecule has 0 radical (unpaired) electrons. The SMILES string of the molecule is COC1C(=O)CC1Oc1ccc(F)c(Cl)c1. The maximum Gasteiger partial charge on any atom is 0.169 e. The molecule has 0 saturated heterocycles. The van der Waals surface area contributed by atoms with Crippen LogP contribution in [-0.2, 0) is 9.53 Å². The van der Waals surface area contributed by atoms with Gasteiger partial charge in [-0.2, -0.15) is 0 Å². The van der Waals surface area contributed by atoms with Gasteiger partial charge in [0.05, 0.1) is 5.02 Å². The van der Waals surface area contributed by atoms with Gasteiger partial charge in [-0.05, 0) is 12.1 Å². The van der Waals surface area contributed by atoms with Gasteiger partial charge in [0.2, 0.25) is 0 Å². The van der Waals surface area contributed by atoms with Crippen LogP contribution in [0.15, 0.2) is 18.2 Å². The zero-order chi connectivity index (χ0) is 11.7. The van der Waals surface area contributed by atoms with E-state index in [-0.39, 0.29) is 16.9 Å². The summed E-state index contributed by atoms with van der Waals surface area (Å²) in [7, 11) is 1.45. The average Bonchev–Trinajstić information content (AvgIpc) is 2.23. The van der Waals surface area contributed by atoms with Crippen molar-refractivity contribution in [3.8, 4) is 5.75 Å². The van der Waals surface area contributed by atoms with Crippen molar-refractivity contribution in [2.75, 3.05) is 7.11 Å². The highest BCUT2D eigenvalue weighted by Gasteiger charge is 2.42. The maximum absolute atomic E-state index is 12.9. The topological polar surface area (TPSA) is 35.5 Å². The molecule has 5 heteroatoms. The third kappa shape index (κ3) is 2.03. The van der Waals surface area contributed by atoms with Crippen LogP contribution in [0.1, 0.15) is 6.42 Å². The molecule has 86 valence electrons. The lowest BCUT2D eigenvalue weighted by atomic mass is 9.90. The summed E-state index contributed by atoms with van der Waals surface area (Å²) in [6.07, 6.45) is -0.518. The number of methoxy groups -OCH3 is 1. The first-order valence-electron chi connectivity index (χ1n) is 4.79. The molecule has 0 spiro atoms. The highest BCUT2D eigenvalue weighted by molar-refractivity contribution is 6.30. The van der Waals surface area contributed by atoms with Gasteiger partial charge < -0.3 is 9.47 Å². The molecule has 2 atom stereocenters. The van der Waals surface area contributed by atoms with Crippen molar-refractivity contribution in [1.29, 1.82) is 0 Å². The second-order valence-electron chi connectivity index (χ2n) is 3.56. The Labute approximate surface area is 97.1 Å². The number of benzene rings is 1. The molecule has 1 aliphatic rings. The largest absolute Gasteiger partial charge is 0.487 e. The van der Waals surface area contributed by atoms with Crippen molar-refractivity contribution >= 4 is 17.4 Å². The van der Waals surface area contributed by atoms with Crippen molar-refractivity contribution in [2.24, 2.45) is 0 Å². The molecule has 1 aromatic carbocycles. The summed E-state index contributed by atoms with van der Waals surface area (Å²) in [5, 5.41) is -0.00267. The summed E-state index contributed by atoms with van der Waals surface area (Å²) < 4.78 is 23.3. The number of ether oxygens (including phenoxy) is 2. The van der Waals surface area contributed by atoms with Gasteiger partial charge >= 0.3 is 0 Å². The van der Waals surface area contributed by atoms with Crippen LogP contribution in [0.2, 0.25) is 5.02 Å². The van der Waals surface area contributed by atoms with Gasteiger partial charge in [0.15, 0.2) is 11.9 Å². The predicted molar refractivity (Wildman–Crippen MR) is 56.2 cm³/mol. The summed E-state index contributed by atoms with van der Waals surface area (Å²) in [5.41, 5.74) is 0. The second kappa shape index (κ2) is 4.39. The molecular formula is C11H10ClFO3. The maximum atomic E-state index is 12.9. The molecule has 16 heavy (non-hydrogen) atoms. The monoisotopic (exact) mass is 244 g/mol. The molecule has 0 aromatic heterocycles. The number of Topliss-reactive ketones (excluding diaryl/α,β-unsaturated/α-hetero) is 1. The molecule has 3 nitrogen and oxygen atoms in total. The molecule has 0 aliphatic heterocycles. The molecule has 1 saturated carbocycles. The van der Waals surface area contributed by atoms with Crippen molar-refractivity contribution < 1.29 is 18.7 Å². The molecular weight excluding hydrogens is 235 g/mol. The quantitative estimate of drug-likeness (QED) is 0.818. The summed E-state index contributed by atoms with van der Waals surface area (Å²) in [4.78, 5) is 11.1. The zero-order valence-corrected chi connectivity index (χ0v) is 9.33. The van der Waals surface area contributed by atoms with E-state index < -0.39 is 11.9 Å². The number of carbonyl (C=O) groups excluding carboxylic acids is 1. The van der Waals surface area contributed by atoms with E-state index >= 15 is 0 Å². The van der Waals surface area contributed by atoms with Gasteiger partial charge in [-0.3, -0.25) is 4.79 Å². The van der Waals surface area contributed by atoms with Crippen LogP contribution in [0.3, 0.4) is 0 Å². The molecule has 0 N–H and O–H groups in total. The Hall–Kier alpha value is -1.13. The number of halogens is 2. The summed E-state index contributed by atoms with van der Waals surface area (Å²) in [6, 6.07) is 4.07. The molecule has 2 unspecified atom stereocenters. The van der Waals surface area contributed by atoms with Crippen molar-refractivity contribution in [2.45, 2.75) is 18.6 Å². The number of ketones is 1. The van der Waals surface area contributed by atoms with E-state index in [0.717, 1.165) is 0 Å². The summed E-state index contributed by atoms with van der Waals surface area (Å²) >= 11 is 5.60. The van der Waals surface area contributed by atoms with Crippen molar-refractivity contribution in [3.05, 3.63) is 29.0 Å². The molecule has 0 heterocycles. The van der Waals surface area contributed by atoms with Crippen molar-refractivity contribution in [1.82, 2.24) is 0 Å². The molecule has 1 aromatic rings. The third-order valence-electron chi connectivity index (χ3n) is 2.49. The second-order valence-corrected chi connectivity index (χ2v) is 3.97. The minimum absolute atomic E-state index is 0.00267. The predicted octanol–water partition coefficient (Wildman–Crippen LogP) is 2.21. The van der Waals surface area contributed by atoms with Crippen LogP contribution in [0.4, 0.5) is 4.39 Å². The standard InChI is InChI=1S/C11H10ClFO3/c1-15-11-9(14)5-10(11)16-6-2-3-8(13)7(12)4-6/h2-4,10-11H,5H2,1H3. The van der Waals surface area contributed by atoms with Crippen molar-refractivity contribution in [3.63, 3.8) is 0 Å². The Morgan fingerprint density at radius 2 is 2.25 bits per heavy atom. The summed E-state index contributed by atoms with van der Waals surface area (Å²) in [5.74, 6) is -0.0475. The van der Waals surface area contributed by atoms with Crippen LogP contribution >= 0.6 is 11.6 Å². The number of carbonyl (C=O) groups is 1. The lowest BCUT2D eigenvalue weighted by molar-refractivity contribution is -0.150. The summed E-state index contributed by atoms with van der Waals surface area (Å²) in [6.45, 7) is 0. The van der Waals surface area contributed by atoms with E-state index in [2.05, 4.69) is 0 Å². The van der Waals surface area contributed by atoms with Crippen LogP contribution in [0.25, 0.3) is 0 Å². The Bertz CT molecular complexity index is 422. The fraction of sp³-hybridized carbons (Fsp3) is 0.364. The Morgan fingerprint density at radius 1 is 1.50 bits per heavy atom. The average molecular weight is 245 g/mol. The number of hydrogen-bond donors (Lipinski definition) is 0. The first kappa shape index (κ1) is 11.4. The van der Waals surface area contributed by atoms with Crippen LogP contribution in [0.5, 0.6) is 5.75 Å². The highest BCUT2D eigenvalue weighted by atomic mass is 35.5. The van der Waals surface area contributed by atoms with Crippen LogP contribution < -0.4 is 4.74 Å². The van der Waals surface area contributed by atoms with Gasteiger partial charge in [0, 0.05) is 19.6 Å². The molecule has 0 amide bonds. The normalized spacial score (nSPS) is 24.1. The highest BCUT2D eigenvalue weighted by Crippen LogP contribution is 2.27. The Morgan fingerprint density at radius 3 is 2.81 bits per heavy atom.